The maximum Gasteiger partial charge on any atom is 0.117 e. The summed E-state index contributed by atoms with van der Waals surface area (Å²) >= 11 is 1.94. The van der Waals surface area contributed by atoms with Crippen LogP contribution < -0.4 is 0 Å². The average Bonchev–Trinajstić information content (AvgIpc) is 2.95. The lowest BCUT2D eigenvalue weighted by atomic mass is 10.2. The lowest BCUT2D eigenvalue weighted by Crippen LogP contribution is -1.96. The van der Waals surface area contributed by atoms with E-state index in [1.54, 1.807) is 6.33 Å². The number of thioether (sulfide) groups is 1. The van der Waals surface area contributed by atoms with Crippen molar-refractivity contribution in [1.29, 1.82) is 0 Å². The lowest BCUT2D eigenvalue weighted by Gasteiger charge is -2.10. The molecule has 1 fully saturated rings. The SMILES string of the molecule is CC.Cc1ccc2ncnc(SC3CCCC3)c2c1. The molecule has 1 aliphatic carbocycles. The first kappa shape index (κ1) is 14.3. The van der Waals surface area contributed by atoms with E-state index in [4.69, 9.17) is 0 Å². The Kier molecular flexibility index (Phi) is 5.20. The van der Waals surface area contributed by atoms with Gasteiger partial charge in [0.1, 0.15) is 11.4 Å². The molecule has 0 unspecified atom stereocenters. The molecule has 19 heavy (non-hydrogen) atoms. The Morgan fingerprint density at radius 2 is 1.84 bits per heavy atom. The van der Waals surface area contributed by atoms with E-state index in [0.29, 0.717) is 0 Å². The van der Waals surface area contributed by atoms with Gasteiger partial charge in [-0.15, -0.1) is 11.8 Å². The Bertz CT molecular complexity index is 533. The highest BCUT2D eigenvalue weighted by atomic mass is 32.2. The van der Waals surface area contributed by atoms with E-state index in [-0.39, 0.29) is 0 Å². The Hall–Kier alpha value is -1.09. The molecule has 3 rings (SSSR count). The van der Waals surface area contributed by atoms with Gasteiger partial charge in [-0.05, 0) is 31.9 Å². The van der Waals surface area contributed by atoms with Crippen LogP contribution in [0, 0.1) is 6.92 Å². The van der Waals surface area contributed by atoms with Crippen molar-refractivity contribution in [2.24, 2.45) is 0 Å². The standard InChI is InChI=1S/C14H16N2S.C2H6/c1-10-6-7-13-12(8-10)14(16-9-15-13)17-11-4-2-3-5-11;1-2/h6-9,11H,2-5H2,1H3;1-2H3. The predicted octanol–water partition coefficient (Wildman–Crippen LogP) is 5.00. The van der Waals surface area contributed by atoms with Gasteiger partial charge in [0.25, 0.3) is 0 Å². The molecular weight excluding hydrogens is 252 g/mol. The van der Waals surface area contributed by atoms with Crippen molar-refractivity contribution in [3.8, 4) is 0 Å². The predicted molar refractivity (Wildman–Crippen MR) is 83.7 cm³/mol. The van der Waals surface area contributed by atoms with Crippen molar-refractivity contribution in [3.05, 3.63) is 30.1 Å². The zero-order chi connectivity index (χ0) is 13.7. The molecule has 0 spiro atoms. The van der Waals surface area contributed by atoms with Crippen LogP contribution in [0.2, 0.25) is 0 Å². The summed E-state index contributed by atoms with van der Waals surface area (Å²) in [7, 11) is 0. The molecule has 3 heteroatoms. The van der Waals surface area contributed by atoms with E-state index in [9.17, 15) is 0 Å². The molecule has 1 aromatic heterocycles. The molecule has 1 aliphatic rings. The van der Waals surface area contributed by atoms with Crippen molar-refractivity contribution in [3.63, 3.8) is 0 Å². The van der Waals surface area contributed by atoms with Gasteiger partial charge in [0.15, 0.2) is 0 Å². The zero-order valence-corrected chi connectivity index (χ0v) is 12.8. The van der Waals surface area contributed by atoms with Crippen molar-refractivity contribution in [2.45, 2.75) is 56.7 Å². The van der Waals surface area contributed by atoms with Gasteiger partial charge in [0.05, 0.1) is 5.52 Å². The summed E-state index contributed by atoms with van der Waals surface area (Å²) in [4.78, 5) is 8.80. The lowest BCUT2D eigenvalue weighted by molar-refractivity contribution is 0.886. The van der Waals surface area contributed by atoms with Crippen LogP contribution in [0.15, 0.2) is 29.6 Å². The number of fused-ring (bicyclic) bond motifs is 1. The van der Waals surface area contributed by atoms with Crippen LogP contribution in [0.4, 0.5) is 0 Å². The fourth-order valence-corrected chi connectivity index (χ4v) is 3.69. The summed E-state index contributed by atoms with van der Waals surface area (Å²) in [6.45, 7) is 6.12. The second-order valence-corrected chi connectivity index (χ2v) is 6.01. The number of aromatic nitrogens is 2. The summed E-state index contributed by atoms with van der Waals surface area (Å²) in [5, 5.41) is 3.13. The van der Waals surface area contributed by atoms with Crippen molar-refractivity contribution in [1.82, 2.24) is 9.97 Å². The molecule has 1 heterocycles. The highest BCUT2D eigenvalue weighted by Gasteiger charge is 2.18. The molecule has 0 saturated heterocycles. The Balaban J connectivity index is 0.000000637. The van der Waals surface area contributed by atoms with Crippen LogP contribution in [0.5, 0.6) is 0 Å². The zero-order valence-electron chi connectivity index (χ0n) is 12.0. The highest BCUT2D eigenvalue weighted by molar-refractivity contribution is 8.00. The van der Waals surface area contributed by atoms with Crippen LogP contribution in [0.25, 0.3) is 10.9 Å². The monoisotopic (exact) mass is 274 g/mol. The molecule has 2 aromatic rings. The van der Waals surface area contributed by atoms with E-state index in [2.05, 4.69) is 35.1 Å². The van der Waals surface area contributed by atoms with Gasteiger partial charge in [0.2, 0.25) is 0 Å². The quantitative estimate of drug-likeness (QED) is 0.721. The van der Waals surface area contributed by atoms with Crippen molar-refractivity contribution < 1.29 is 0 Å². The molecule has 0 N–H and O–H groups in total. The van der Waals surface area contributed by atoms with Crippen LogP contribution in [0.1, 0.15) is 45.1 Å². The van der Waals surface area contributed by atoms with Gasteiger partial charge in [0, 0.05) is 10.6 Å². The number of benzene rings is 1. The second-order valence-electron chi connectivity index (χ2n) is 4.72. The molecular formula is C16H22N2S. The average molecular weight is 274 g/mol. The molecule has 1 aromatic carbocycles. The third-order valence-electron chi connectivity index (χ3n) is 3.33. The number of hydrogen-bond acceptors (Lipinski definition) is 3. The van der Waals surface area contributed by atoms with Crippen molar-refractivity contribution >= 4 is 22.7 Å². The Morgan fingerprint density at radius 3 is 2.58 bits per heavy atom. The van der Waals surface area contributed by atoms with E-state index < -0.39 is 0 Å². The minimum Gasteiger partial charge on any atom is -0.236 e. The summed E-state index contributed by atoms with van der Waals surface area (Å²) in [6.07, 6.45) is 7.11. The van der Waals surface area contributed by atoms with E-state index in [1.165, 1.54) is 36.6 Å². The van der Waals surface area contributed by atoms with E-state index in [0.717, 1.165) is 15.8 Å². The first-order chi connectivity index (χ1) is 9.33. The van der Waals surface area contributed by atoms with Crippen LogP contribution in [-0.4, -0.2) is 15.2 Å². The van der Waals surface area contributed by atoms with Gasteiger partial charge in [-0.1, -0.05) is 38.3 Å². The van der Waals surface area contributed by atoms with Gasteiger partial charge in [-0.2, -0.15) is 0 Å². The number of rotatable bonds is 2. The van der Waals surface area contributed by atoms with Crippen LogP contribution in [0.3, 0.4) is 0 Å². The molecule has 1 saturated carbocycles. The minimum atomic E-state index is 0.758. The molecule has 2 nitrogen and oxygen atoms in total. The smallest absolute Gasteiger partial charge is 0.117 e. The molecule has 102 valence electrons. The summed E-state index contributed by atoms with van der Waals surface area (Å²) in [5.41, 5.74) is 2.34. The van der Waals surface area contributed by atoms with E-state index >= 15 is 0 Å². The van der Waals surface area contributed by atoms with Crippen LogP contribution >= 0.6 is 11.8 Å². The van der Waals surface area contributed by atoms with Gasteiger partial charge >= 0.3 is 0 Å². The minimum absolute atomic E-state index is 0.758. The first-order valence-electron chi connectivity index (χ1n) is 7.21. The summed E-state index contributed by atoms with van der Waals surface area (Å²) in [5.74, 6) is 0. The summed E-state index contributed by atoms with van der Waals surface area (Å²) < 4.78 is 0. The molecule has 0 bridgehead atoms. The third-order valence-corrected chi connectivity index (χ3v) is 4.69. The van der Waals surface area contributed by atoms with E-state index in [1.807, 2.05) is 25.6 Å². The highest BCUT2D eigenvalue weighted by Crippen LogP contribution is 2.36. The first-order valence-corrected chi connectivity index (χ1v) is 8.09. The molecule has 0 radical (unpaired) electrons. The largest absolute Gasteiger partial charge is 0.236 e. The maximum absolute atomic E-state index is 4.46. The normalized spacial score (nSPS) is 15.3. The Labute approximate surface area is 120 Å². The molecule has 0 atom stereocenters. The fourth-order valence-electron chi connectivity index (χ4n) is 2.40. The Morgan fingerprint density at radius 1 is 1.11 bits per heavy atom. The number of aryl methyl sites for hydroxylation is 1. The molecule has 0 amide bonds. The topological polar surface area (TPSA) is 25.8 Å². The van der Waals surface area contributed by atoms with Crippen molar-refractivity contribution in [2.75, 3.05) is 0 Å². The number of hydrogen-bond donors (Lipinski definition) is 0. The van der Waals surface area contributed by atoms with Gasteiger partial charge < -0.3 is 0 Å². The number of nitrogens with zero attached hydrogens (tertiary/aromatic N) is 2. The molecule has 0 aliphatic heterocycles. The summed E-state index contributed by atoms with van der Waals surface area (Å²) in [6, 6.07) is 6.40. The third kappa shape index (κ3) is 3.47. The fraction of sp³-hybridized carbons (Fsp3) is 0.500. The van der Waals surface area contributed by atoms with Gasteiger partial charge in [-0.25, -0.2) is 9.97 Å². The maximum atomic E-state index is 4.46. The second kappa shape index (κ2) is 6.90. The van der Waals surface area contributed by atoms with Crippen LogP contribution in [-0.2, 0) is 0 Å². The van der Waals surface area contributed by atoms with Gasteiger partial charge in [-0.3, -0.25) is 0 Å².